The maximum absolute atomic E-state index is 12.9. The maximum atomic E-state index is 12.9. The highest BCUT2D eigenvalue weighted by Crippen LogP contribution is 2.25. The second-order valence-electron chi connectivity index (χ2n) is 4.90. The van der Waals surface area contributed by atoms with Gasteiger partial charge in [-0.2, -0.15) is 0 Å². The molecule has 102 valence electrons. The first-order valence-electron chi connectivity index (χ1n) is 6.19. The summed E-state index contributed by atoms with van der Waals surface area (Å²) in [7, 11) is 1.66. The smallest absolute Gasteiger partial charge is 0.126 e. The van der Waals surface area contributed by atoms with Gasteiger partial charge >= 0.3 is 0 Å². The van der Waals surface area contributed by atoms with Gasteiger partial charge in [-0.3, -0.25) is 0 Å². The van der Waals surface area contributed by atoms with Crippen molar-refractivity contribution >= 4 is 0 Å². The molecule has 0 amide bonds. The Kier molecular flexibility index (Phi) is 5.56. The predicted molar refractivity (Wildman–Crippen MR) is 70.1 cm³/mol. The van der Waals surface area contributed by atoms with E-state index in [0.717, 1.165) is 6.07 Å². The fourth-order valence-corrected chi connectivity index (χ4v) is 1.91. The molecule has 0 saturated carbocycles. The standard InChI is InChI=1S/C14H22FNO2/c1-9(2)13(8-18-4)16-10(3)12-6-5-11(15)7-14(12)17/h5-7,9-10,13,16-17H,8H2,1-4H3. The summed E-state index contributed by atoms with van der Waals surface area (Å²) in [5.41, 5.74) is 0.693. The van der Waals surface area contributed by atoms with E-state index in [0.29, 0.717) is 18.1 Å². The molecule has 2 atom stereocenters. The van der Waals surface area contributed by atoms with Crippen LogP contribution >= 0.6 is 0 Å². The van der Waals surface area contributed by atoms with Crippen molar-refractivity contribution in [1.82, 2.24) is 5.32 Å². The fraction of sp³-hybridized carbons (Fsp3) is 0.571. The molecule has 2 unspecified atom stereocenters. The second-order valence-corrected chi connectivity index (χ2v) is 4.90. The van der Waals surface area contributed by atoms with Crippen LogP contribution in [0.1, 0.15) is 32.4 Å². The average molecular weight is 255 g/mol. The molecular formula is C14H22FNO2. The van der Waals surface area contributed by atoms with E-state index in [4.69, 9.17) is 4.74 Å². The Morgan fingerprint density at radius 2 is 2.00 bits per heavy atom. The Balaban J connectivity index is 2.76. The molecule has 0 fully saturated rings. The summed E-state index contributed by atoms with van der Waals surface area (Å²) in [6.45, 7) is 6.75. The van der Waals surface area contributed by atoms with E-state index in [1.807, 2.05) is 6.92 Å². The van der Waals surface area contributed by atoms with Gasteiger partial charge in [0.15, 0.2) is 0 Å². The van der Waals surface area contributed by atoms with Crippen molar-refractivity contribution < 1.29 is 14.2 Å². The number of phenols is 1. The third-order valence-electron chi connectivity index (χ3n) is 3.07. The highest BCUT2D eigenvalue weighted by molar-refractivity contribution is 5.34. The molecule has 1 rings (SSSR count). The first-order chi connectivity index (χ1) is 8.45. The lowest BCUT2D eigenvalue weighted by atomic mass is 10.0. The third-order valence-corrected chi connectivity index (χ3v) is 3.07. The molecule has 4 heteroatoms. The highest BCUT2D eigenvalue weighted by atomic mass is 19.1. The summed E-state index contributed by atoms with van der Waals surface area (Å²) >= 11 is 0. The van der Waals surface area contributed by atoms with Crippen molar-refractivity contribution in [3.05, 3.63) is 29.6 Å². The SMILES string of the molecule is COCC(NC(C)c1ccc(F)cc1O)C(C)C. The molecule has 0 aliphatic carbocycles. The number of rotatable bonds is 6. The minimum absolute atomic E-state index is 0.0186. The first kappa shape index (κ1) is 14.9. The van der Waals surface area contributed by atoms with Crippen LogP contribution in [0.3, 0.4) is 0 Å². The number of halogens is 1. The number of benzene rings is 1. The molecule has 0 aliphatic rings. The summed E-state index contributed by atoms with van der Waals surface area (Å²) in [6, 6.07) is 4.22. The van der Waals surface area contributed by atoms with E-state index in [2.05, 4.69) is 19.2 Å². The van der Waals surface area contributed by atoms with Gasteiger partial charge in [0, 0.05) is 30.8 Å². The Morgan fingerprint density at radius 3 is 2.50 bits per heavy atom. The van der Waals surface area contributed by atoms with Crippen molar-refractivity contribution in [2.24, 2.45) is 5.92 Å². The Hall–Kier alpha value is -1.13. The summed E-state index contributed by atoms with van der Waals surface area (Å²) in [4.78, 5) is 0. The monoisotopic (exact) mass is 255 g/mol. The topological polar surface area (TPSA) is 41.5 Å². The van der Waals surface area contributed by atoms with E-state index in [-0.39, 0.29) is 17.8 Å². The van der Waals surface area contributed by atoms with Gasteiger partial charge in [-0.1, -0.05) is 19.9 Å². The van der Waals surface area contributed by atoms with Gasteiger partial charge in [-0.25, -0.2) is 4.39 Å². The molecular weight excluding hydrogens is 233 g/mol. The van der Waals surface area contributed by atoms with Crippen molar-refractivity contribution in [1.29, 1.82) is 0 Å². The van der Waals surface area contributed by atoms with Crippen LogP contribution in [-0.4, -0.2) is 24.9 Å². The van der Waals surface area contributed by atoms with Crippen LogP contribution in [0, 0.1) is 11.7 Å². The fourth-order valence-electron chi connectivity index (χ4n) is 1.91. The van der Waals surface area contributed by atoms with Crippen molar-refractivity contribution in [3.63, 3.8) is 0 Å². The van der Waals surface area contributed by atoms with Crippen molar-refractivity contribution in [2.75, 3.05) is 13.7 Å². The lowest BCUT2D eigenvalue weighted by molar-refractivity contribution is 0.141. The van der Waals surface area contributed by atoms with Crippen LogP contribution < -0.4 is 5.32 Å². The molecule has 18 heavy (non-hydrogen) atoms. The van der Waals surface area contributed by atoms with Gasteiger partial charge in [0.05, 0.1) is 6.61 Å². The number of methoxy groups -OCH3 is 1. The zero-order valence-electron chi connectivity index (χ0n) is 11.4. The molecule has 0 bridgehead atoms. The van der Waals surface area contributed by atoms with Crippen LogP contribution in [0.25, 0.3) is 0 Å². The van der Waals surface area contributed by atoms with Gasteiger partial charge in [-0.15, -0.1) is 0 Å². The summed E-state index contributed by atoms with van der Waals surface area (Å²) in [5, 5.41) is 13.1. The molecule has 3 nitrogen and oxygen atoms in total. The molecule has 0 aromatic heterocycles. The molecule has 1 aromatic carbocycles. The number of ether oxygens (including phenoxy) is 1. The highest BCUT2D eigenvalue weighted by Gasteiger charge is 2.18. The maximum Gasteiger partial charge on any atom is 0.126 e. The first-order valence-corrected chi connectivity index (χ1v) is 6.19. The van der Waals surface area contributed by atoms with Gasteiger partial charge in [0.25, 0.3) is 0 Å². The average Bonchev–Trinajstić information content (AvgIpc) is 2.27. The normalized spacial score (nSPS) is 14.8. The largest absolute Gasteiger partial charge is 0.508 e. The molecule has 1 aromatic rings. The minimum atomic E-state index is -0.430. The zero-order chi connectivity index (χ0) is 13.7. The lowest BCUT2D eigenvalue weighted by Gasteiger charge is -2.26. The summed E-state index contributed by atoms with van der Waals surface area (Å²) in [6.07, 6.45) is 0. The number of hydrogen-bond acceptors (Lipinski definition) is 3. The Labute approximate surface area is 108 Å². The van der Waals surface area contributed by atoms with E-state index >= 15 is 0 Å². The van der Waals surface area contributed by atoms with E-state index in [1.165, 1.54) is 6.07 Å². The zero-order valence-corrected chi connectivity index (χ0v) is 11.4. The molecule has 0 radical (unpaired) electrons. The quantitative estimate of drug-likeness (QED) is 0.821. The van der Waals surface area contributed by atoms with Crippen LogP contribution in [0.5, 0.6) is 5.75 Å². The second kappa shape index (κ2) is 6.71. The minimum Gasteiger partial charge on any atom is -0.508 e. The van der Waals surface area contributed by atoms with E-state index < -0.39 is 5.82 Å². The van der Waals surface area contributed by atoms with Gasteiger partial charge < -0.3 is 15.2 Å². The van der Waals surface area contributed by atoms with Crippen molar-refractivity contribution in [3.8, 4) is 5.75 Å². The van der Waals surface area contributed by atoms with Gasteiger partial charge in [0.1, 0.15) is 11.6 Å². The molecule has 2 N–H and O–H groups in total. The lowest BCUT2D eigenvalue weighted by Crippen LogP contribution is -2.39. The van der Waals surface area contributed by atoms with Crippen LogP contribution in [-0.2, 0) is 4.74 Å². The number of nitrogens with one attached hydrogen (secondary N) is 1. The van der Waals surface area contributed by atoms with Crippen LogP contribution in [0.2, 0.25) is 0 Å². The third kappa shape index (κ3) is 3.96. The predicted octanol–water partition coefficient (Wildman–Crippen LogP) is 2.85. The Morgan fingerprint density at radius 1 is 1.33 bits per heavy atom. The van der Waals surface area contributed by atoms with Crippen LogP contribution in [0.15, 0.2) is 18.2 Å². The number of phenolic OH excluding ortho intramolecular Hbond substituents is 1. The number of hydrogen-bond donors (Lipinski definition) is 2. The Bertz CT molecular complexity index is 382. The van der Waals surface area contributed by atoms with E-state index in [1.54, 1.807) is 13.2 Å². The summed E-state index contributed by atoms with van der Waals surface area (Å²) < 4.78 is 18.1. The molecule has 0 aliphatic heterocycles. The van der Waals surface area contributed by atoms with Crippen molar-refractivity contribution in [2.45, 2.75) is 32.9 Å². The molecule has 0 spiro atoms. The van der Waals surface area contributed by atoms with E-state index in [9.17, 15) is 9.50 Å². The summed E-state index contributed by atoms with van der Waals surface area (Å²) in [5.74, 6) is -0.0364. The van der Waals surface area contributed by atoms with Crippen LogP contribution in [0.4, 0.5) is 4.39 Å². The number of aromatic hydroxyl groups is 1. The van der Waals surface area contributed by atoms with Gasteiger partial charge in [0.2, 0.25) is 0 Å². The van der Waals surface area contributed by atoms with Gasteiger partial charge in [-0.05, 0) is 18.9 Å². The molecule has 0 saturated heterocycles. The molecule has 0 heterocycles.